The van der Waals surface area contributed by atoms with E-state index in [4.69, 9.17) is 14.2 Å². The number of benzene rings is 2. The molecule has 2 atom stereocenters. The average molecular weight is 449 g/mol. The minimum Gasteiger partial charge on any atom is -0.479 e. The largest absolute Gasteiger partial charge is 0.479 e. The summed E-state index contributed by atoms with van der Waals surface area (Å²) in [6.45, 7) is 0.121. The summed E-state index contributed by atoms with van der Waals surface area (Å²) in [5.74, 6) is 0.499. The van der Waals surface area contributed by atoms with Crippen LogP contribution in [0, 0.1) is 21.4 Å². The average Bonchev–Trinajstić information content (AvgIpc) is 3.17. The van der Waals surface area contributed by atoms with Crippen LogP contribution in [0.15, 0.2) is 54.9 Å². The number of nitro groups is 1. The van der Waals surface area contributed by atoms with E-state index in [9.17, 15) is 20.5 Å². The lowest BCUT2D eigenvalue weighted by Gasteiger charge is -2.46. The maximum Gasteiger partial charge on any atom is 0.235 e. The number of hydrogen-bond donors (Lipinski definition) is 1. The first-order valence-electron chi connectivity index (χ1n) is 10.2. The summed E-state index contributed by atoms with van der Waals surface area (Å²) < 4.78 is 18.9. The molecule has 9 nitrogen and oxygen atoms in total. The van der Waals surface area contributed by atoms with Gasteiger partial charge in [0.1, 0.15) is 11.9 Å². The fourth-order valence-electron chi connectivity index (χ4n) is 4.48. The number of para-hydroxylation sites is 1. The number of aliphatic hydroxyl groups is 1. The summed E-state index contributed by atoms with van der Waals surface area (Å²) in [6, 6.07) is 13.9. The number of aliphatic hydroxyl groups excluding tert-OH is 1. The molecule has 2 aromatic carbocycles. The van der Waals surface area contributed by atoms with Crippen molar-refractivity contribution in [3.63, 3.8) is 0 Å². The third-order valence-corrected chi connectivity index (χ3v) is 5.83. The number of hydrogen-bond acceptors (Lipinski definition) is 7. The van der Waals surface area contributed by atoms with Gasteiger partial charge in [0, 0.05) is 48.5 Å². The van der Waals surface area contributed by atoms with Crippen LogP contribution in [0.1, 0.15) is 22.7 Å². The van der Waals surface area contributed by atoms with Crippen molar-refractivity contribution < 1.29 is 24.2 Å². The summed E-state index contributed by atoms with van der Waals surface area (Å²) in [5.41, 5.74) is 1.23. The van der Waals surface area contributed by atoms with Crippen molar-refractivity contribution in [2.45, 2.75) is 17.7 Å². The van der Waals surface area contributed by atoms with Crippen molar-refractivity contribution in [3.05, 3.63) is 81.7 Å². The van der Waals surface area contributed by atoms with Crippen LogP contribution in [0.5, 0.6) is 5.75 Å². The first-order valence-corrected chi connectivity index (χ1v) is 10.2. The van der Waals surface area contributed by atoms with Crippen LogP contribution in [-0.4, -0.2) is 53.7 Å². The molecule has 0 aliphatic carbocycles. The smallest absolute Gasteiger partial charge is 0.235 e. The molecule has 0 amide bonds. The van der Waals surface area contributed by atoms with E-state index in [0.29, 0.717) is 22.4 Å². The van der Waals surface area contributed by atoms with Gasteiger partial charge in [-0.2, -0.15) is 5.26 Å². The van der Waals surface area contributed by atoms with Crippen LogP contribution in [0.25, 0.3) is 17.0 Å². The normalized spacial score (nSPS) is 19.2. The number of nitriles is 1. The van der Waals surface area contributed by atoms with Crippen molar-refractivity contribution >= 4 is 17.0 Å². The summed E-state index contributed by atoms with van der Waals surface area (Å²) in [5, 5.41) is 32.9. The molecule has 0 saturated carbocycles. The fourth-order valence-corrected chi connectivity index (χ4v) is 4.48. The standard InChI is InChI=1S/C24H23N3O6/c1-31-14-24(15-32-2)23(28)22(19-11-16(12-25)7-8-21(19)33-24)26-13-17(9-10-27(29)30)18-5-3-4-6-20(18)26/h3-11,13,22-23,28H,14-15H2,1-2H3/t22-,23+/m1/s1. The van der Waals surface area contributed by atoms with Gasteiger partial charge in [0.15, 0.2) is 5.60 Å². The molecular weight excluding hydrogens is 426 g/mol. The lowest BCUT2D eigenvalue weighted by molar-refractivity contribution is -0.400. The zero-order chi connectivity index (χ0) is 23.6. The van der Waals surface area contributed by atoms with Crippen LogP contribution in [-0.2, 0) is 9.47 Å². The summed E-state index contributed by atoms with van der Waals surface area (Å²) in [6.07, 6.45) is 2.95. The molecule has 0 unspecified atom stereocenters. The van der Waals surface area contributed by atoms with Gasteiger partial charge in [-0.1, -0.05) is 18.2 Å². The SMILES string of the molecule is COCC1(COC)Oc2ccc(C#N)cc2[C@@H](n2cc(C=C[N+](=O)[O-])c3ccccc32)[C@@H]1O. The Bertz CT molecular complexity index is 1250. The maximum atomic E-state index is 11.7. The molecule has 0 saturated heterocycles. The third-order valence-electron chi connectivity index (χ3n) is 5.83. The van der Waals surface area contributed by atoms with Gasteiger partial charge < -0.3 is 23.9 Å². The highest BCUT2D eigenvalue weighted by atomic mass is 16.6. The topological polar surface area (TPSA) is 120 Å². The van der Waals surface area contributed by atoms with E-state index in [1.807, 2.05) is 28.8 Å². The Morgan fingerprint density at radius 2 is 2.00 bits per heavy atom. The molecule has 1 aliphatic rings. The molecule has 1 N–H and O–H groups in total. The highest BCUT2D eigenvalue weighted by Gasteiger charge is 2.51. The highest BCUT2D eigenvalue weighted by Crippen LogP contribution is 2.44. The van der Waals surface area contributed by atoms with Crippen LogP contribution < -0.4 is 4.74 Å². The van der Waals surface area contributed by atoms with Gasteiger partial charge in [-0.3, -0.25) is 10.1 Å². The van der Waals surface area contributed by atoms with Crippen molar-refractivity contribution in [1.82, 2.24) is 4.57 Å². The van der Waals surface area contributed by atoms with Crippen molar-refractivity contribution in [2.75, 3.05) is 27.4 Å². The minimum absolute atomic E-state index is 0.0607. The van der Waals surface area contributed by atoms with Gasteiger partial charge in [0.25, 0.3) is 0 Å². The predicted molar refractivity (Wildman–Crippen MR) is 120 cm³/mol. The van der Waals surface area contributed by atoms with Gasteiger partial charge in [-0.05, 0) is 24.3 Å². The zero-order valence-electron chi connectivity index (χ0n) is 18.2. The first-order chi connectivity index (χ1) is 15.9. The zero-order valence-corrected chi connectivity index (χ0v) is 18.2. The Morgan fingerprint density at radius 1 is 1.27 bits per heavy atom. The molecule has 1 aliphatic heterocycles. The van der Waals surface area contributed by atoms with Crippen LogP contribution in [0.4, 0.5) is 0 Å². The molecule has 0 radical (unpaired) electrons. The van der Waals surface area contributed by atoms with E-state index in [2.05, 4.69) is 6.07 Å². The molecule has 0 fully saturated rings. The van der Waals surface area contributed by atoms with Crippen LogP contribution in [0.2, 0.25) is 0 Å². The number of methoxy groups -OCH3 is 2. The molecule has 2 heterocycles. The van der Waals surface area contributed by atoms with Gasteiger partial charge in [0.2, 0.25) is 6.20 Å². The Balaban J connectivity index is 1.98. The molecule has 33 heavy (non-hydrogen) atoms. The lowest BCUT2D eigenvalue weighted by atomic mass is 9.84. The molecule has 0 bridgehead atoms. The number of ether oxygens (including phenoxy) is 3. The fraction of sp³-hybridized carbons (Fsp3) is 0.292. The van der Waals surface area contributed by atoms with Gasteiger partial charge in [0.05, 0.1) is 35.8 Å². The number of rotatable bonds is 7. The third kappa shape index (κ3) is 3.96. The second-order valence-corrected chi connectivity index (χ2v) is 7.90. The summed E-state index contributed by atoms with van der Waals surface area (Å²) in [4.78, 5) is 10.4. The van der Waals surface area contributed by atoms with E-state index < -0.39 is 22.7 Å². The molecule has 1 aromatic heterocycles. The van der Waals surface area contributed by atoms with E-state index in [0.717, 1.165) is 17.1 Å². The number of fused-ring (bicyclic) bond motifs is 2. The highest BCUT2D eigenvalue weighted by molar-refractivity contribution is 5.89. The van der Waals surface area contributed by atoms with Crippen LogP contribution in [0.3, 0.4) is 0 Å². The van der Waals surface area contributed by atoms with Gasteiger partial charge in [-0.15, -0.1) is 0 Å². The molecule has 9 heteroatoms. The minimum atomic E-state index is -1.21. The van der Waals surface area contributed by atoms with E-state index in [1.54, 1.807) is 24.4 Å². The monoisotopic (exact) mass is 449 g/mol. The summed E-state index contributed by atoms with van der Waals surface area (Å²) >= 11 is 0. The van der Waals surface area contributed by atoms with Crippen molar-refractivity contribution in [2.24, 2.45) is 0 Å². The summed E-state index contributed by atoms with van der Waals surface area (Å²) in [7, 11) is 3.03. The Morgan fingerprint density at radius 3 is 2.67 bits per heavy atom. The molecule has 3 aromatic rings. The molecular formula is C24H23N3O6. The quantitative estimate of drug-likeness (QED) is 0.435. The van der Waals surface area contributed by atoms with Crippen LogP contribution >= 0.6 is 0 Å². The Labute approximate surface area is 190 Å². The first kappa shape index (κ1) is 22.5. The molecule has 4 rings (SSSR count). The second-order valence-electron chi connectivity index (χ2n) is 7.90. The Hall–Kier alpha value is -3.71. The molecule has 170 valence electrons. The Kier molecular flexibility index (Phi) is 6.16. The van der Waals surface area contributed by atoms with Crippen molar-refractivity contribution in [1.29, 1.82) is 5.26 Å². The van der Waals surface area contributed by atoms with E-state index in [-0.39, 0.29) is 13.2 Å². The maximum absolute atomic E-state index is 11.7. The molecule has 0 spiro atoms. The van der Waals surface area contributed by atoms with Crippen molar-refractivity contribution in [3.8, 4) is 11.8 Å². The second kappa shape index (κ2) is 9.03. The van der Waals surface area contributed by atoms with E-state index >= 15 is 0 Å². The number of nitrogens with zero attached hydrogens (tertiary/aromatic N) is 3. The van der Waals surface area contributed by atoms with Gasteiger partial charge >= 0.3 is 0 Å². The lowest BCUT2D eigenvalue weighted by Crippen LogP contribution is -2.60. The number of aromatic nitrogens is 1. The van der Waals surface area contributed by atoms with E-state index in [1.165, 1.54) is 20.3 Å². The predicted octanol–water partition coefficient (Wildman–Crippen LogP) is 3.13. The van der Waals surface area contributed by atoms with Gasteiger partial charge in [-0.25, -0.2) is 0 Å².